The van der Waals surface area contributed by atoms with E-state index in [1.807, 2.05) is 37.3 Å². The zero-order chi connectivity index (χ0) is 24.5. The van der Waals surface area contributed by atoms with E-state index in [0.29, 0.717) is 13.1 Å². The lowest BCUT2D eigenvalue weighted by Crippen LogP contribution is -2.29. The normalized spacial score (nSPS) is 12.9. The third-order valence-electron chi connectivity index (χ3n) is 6.56. The van der Waals surface area contributed by atoms with Crippen molar-refractivity contribution in [2.75, 3.05) is 0 Å². The van der Waals surface area contributed by atoms with Crippen LogP contribution in [0.5, 0.6) is 0 Å². The molecule has 34 heavy (non-hydrogen) atoms. The highest BCUT2D eigenvalue weighted by atomic mass is 19.1. The number of benzene rings is 3. The van der Waals surface area contributed by atoms with Crippen molar-refractivity contribution in [2.45, 2.75) is 59.2 Å². The standard InChI is InChI=1S/C30H33FN2O/c1-20-6-15-28-24(16-20)17-25(29(34)32-28)19-33(21(2)23-9-13-27(31)14-10-23)18-22-7-11-26(12-8-22)30(3,4)5/h6-17,21H,18-19H2,1-5H3,(H,32,34)/t21-/m1/s1. The van der Waals surface area contributed by atoms with Crippen LogP contribution in [0.25, 0.3) is 10.9 Å². The molecule has 3 nitrogen and oxygen atoms in total. The number of nitrogens with zero attached hydrogens (tertiary/aromatic N) is 1. The molecule has 4 rings (SSSR count). The van der Waals surface area contributed by atoms with Crippen molar-refractivity contribution < 1.29 is 4.39 Å². The Balaban J connectivity index is 1.68. The van der Waals surface area contributed by atoms with Gasteiger partial charge in [0.15, 0.2) is 0 Å². The van der Waals surface area contributed by atoms with E-state index in [4.69, 9.17) is 0 Å². The number of H-pyrrole nitrogens is 1. The van der Waals surface area contributed by atoms with Gasteiger partial charge < -0.3 is 4.98 Å². The molecule has 1 aromatic heterocycles. The molecule has 0 aliphatic rings. The number of aryl methyl sites for hydroxylation is 1. The Kier molecular flexibility index (Phi) is 6.72. The van der Waals surface area contributed by atoms with Gasteiger partial charge in [0.1, 0.15) is 5.82 Å². The summed E-state index contributed by atoms with van der Waals surface area (Å²) in [6.45, 7) is 11.9. The molecule has 0 saturated heterocycles. The monoisotopic (exact) mass is 456 g/mol. The molecule has 3 aromatic carbocycles. The molecule has 0 aliphatic heterocycles. The number of rotatable bonds is 6. The Hall–Kier alpha value is -3.24. The Morgan fingerprint density at radius 3 is 2.24 bits per heavy atom. The molecule has 0 bridgehead atoms. The van der Waals surface area contributed by atoms with Crippen LogP contribution in [0.4, 0.5) is 4.39 Å². The second-order valence-corrected chi connectivity index (χ2v) is 10.3. The summed E-state index contributed by atoms with van der Waals surface area (Å²) in [5.41, 5.74) is 6.22. The van der Waals surface area contributed by atoms with Gasteiger partial charge in [0.2, 0.25) is 0 Å². The highest BCUT2D eigenvalue weighted by Crippen LogP contribution is 2.27. The SMILES string of the molecule is Cc1ccc2[nH]c(=O)c(CN(Cc3ccc(C(C)(C)C)cc3)[C@H](C)c3ccc(F)cc3)cc2c1. The summed E-state index contributed by atoms with van der Waals surface area (Å²) in [6, 6.07) is 23.4. The average Bonchev–Trinajstić information content (AvgIpc) is 2.79. The van der Waals surface area contributed by atoms with E-state index in [1.54, 1.807) is 0 Å². The zero-order valence-corrected chi connectivity index (χ0v) is 20.7. The van der Waals surface area contributed by atoms with Gasteiger partial charge in [-0.1, -0.05) is 68.8 Å². The van der Waals surface area contributed by atoms with Crippen LogP contribution in [0.15, 0.2) is 77.6 Å². The third-order valence-corrected chi connectivity index (χ3v) is 6.56. The van der Waals surface area contributed by atoms with Gasteiger partial charge in [0, 0.05) is 30.2 Å². The molecule has 1 atom stereocenters. The molecule has 0 saturated carbocycles. The lowest BCUT2D eigenvalue weighted by Gasteiger charge is -2.30. The van der Waals surface area contributed by atoms with Gasteiger partial charge in [-0.15, -0.1) is 0 Å². The van der Waals surface area contributed by atoms with Crippen LogP contribution in [-0.4, -0.2) is 9.88 Å². The van der Waals surface area contributed by atoms with Gasteiger partial charge in [-0.25, -0.2) is 4.39 Å². The predicted octanol–water partition coefficient (Wildman–Crippen LogP) is 7.04. The quantitative estimate of drug-likeness (QED) is 0.338. The number of fused-ring (bicyclic) bond motifs is 1. The van der Waals surface area contributed by atoms with Gasteiger partial charge in [-0.2, -0.15) is 0 Å². The van der Waals surface area contributed by atoms with E-state index < -0.39 is 0 Å². The topological polar surface area (TPSA) is 36.1 Å². The zero-order valence-electron chi connectivity index (χ0n) is 20.7. The maximum Gasteiger partial charge on any atom is 0.252 e. The van der Waals surface area contributed by atoms with E-state index in [1.165, 1.54) is 23.3 Å². The number of pyridine rings is 1. The van der Waals surface area contributed by atoms with E-state index in [9.17, 15) is 9.18 Å². The van der Waals surface area contributed by atoms with Crippen LogP contribution < -0.4 is 5.56 Å². The fourth-order valence-corrected chi connectivity index (χ4v) is 4.33. The molecular formula is C30H33FN2O. The summed E-state index contributed by atoms with van der Waals surface area (Å²) in [7, 11) is 0. The van der Waals surface area contributed by atoms with E-state index in [2.05, 4.69) is 67.9 Å². The summed E-state index contributed by atoms with van der Waals surface area (Å²) in [4.78, 5) is 18.2. The molecule has 4 heteroatoms. The Labute approximate surface area is 201 Å². The number of aromatic amines is 1. The van der Waals surface area contributed by atoms with Crippen LogP contribution in [0, 0.1) is 12.7 Å². The molecule has 0 spiro atoms. The summed E-state index contributed by atoms with van der Waals surface area (Å²) in [5.74, 6) is -0.249. The molecule has 0 radical (unpaired) electrons. The first kappa shape index (κ1) is 23.9. The van der Waals surface area contributed by atoms with Gasteiger partial charge >= 0.3 is 0 Å². The number of nitrogens with one attached hydrogen (secondary N) is 1. The average molecular weight is 457 g/mol. The van der Waals surface area contributed by atoms with Crippen molar-refractivity contribution in [3.63, 3.8) is 0 Å². The minimum atomic E-state index is -0.249. The van der Waals surface area contributed by atoms with Crippen molar-refractivity contribution in [1.82, 2.24) is 9.88 Å². The smallest absolute Gasteiger partial charge is 0.252 e. The van der Waals surface area contributed by atoms with Gasteiger partial charge in [-0.3, -0.25) is 9.69 Å². The number of halogens is 1. The minimum Gasteiger partial charge on any atom is -0.322 e. The molecule has 0 amide bonds. The highest BCUT2D eigenvalue weighted by Gasteiger charge is 2.20. The van der Waals surface area contributed by atoms with E-state index in [-0.39, 0.29) is 22.8 Å². The minimum absolute atomic E-state index is 0.00417. The first-order valence-corrected chi connectivity index (χ1v) is 11.8. The van der Waals surface area contributed by atoms with Crippen LogP contribution in [0.1, 0.15) is 61.6 Å². The first-order chi connectivity index (χ1) is 16.1. The van der Waals surface area contributed by atoms with Gasteiger partial charge in [0.05, 0.1) is 0 Å². The number of aromatic nitrogens is 1. The molecule has 1 heterocycles. The van der Waals surface area contributed by atoms with E-state index >= 15 is 0 Å². The van der Waals surface area contributed by atoms with Crippen LogP contribution in [-0.2, 0) is 18.5 Å². The molecule has 0 unspecified atom stereocenters. The van der Waals surface area contributed by atoms with Gasteiger partial charge in [0.25, 0.3) is 5.56 Å². The fraction of sp³-hybridized carbons (Fsp3) is 0.300. The largest absolute Gasteiger partial charge is 0.322 e. The maximum absolute atomic E-state index is 13.6. The predicted molar refractivity (Wildman–Crippen MR) is 139 cm³/mol. The lowest BCUT2D eigenvalue weighted by molar-refractivity contribution is 0.191. The van der Waals surface area contributed by atoms with Crippen LogP contribution in [0.2, 0.25) is 0 Å². The number of hydrogen-bond donors (Lipinski definition) is 1. The molecule has 0 aliphatic carbocycles. The lowest BCUT2D eigenvalue weighted by atomic mass is 9.86. The molecule has 176 valence electrons. The molecule has 1 N–H and O–H groups in total. The van der Waals surface area contributed by atoms with Crippen LogP contribution in [0.3, 0.4) is 0 Å². The Morgan fingerprint density at radius 2 is 1.59 bits per heavy atom. The van der Waals surface area contributed by atoms with Crippen molar-refractivity contribution in [2.24, 2.45) is 0 Å². The Bertz CT molecular complexity index is 1330. The summed E-state index contributed by atoms with van der Waals surface area (Å²) < 4.78 is 13.6. The van der Waals surface area contributed by atoms with Crippen molar-refractivity contribution in [3.05, 3.63) is 117 Å². The maximum atomic E-state index is 13.6. The molecule has 0 fully saturated rings. The molecular weight excluding hydrogens is 423 g/mol. The number of hydrogen-bond acceptors (Lipinski definition) is 2. The first-order valence-electron chi connectivity index (χ1n) is 11.8. The highest BCUT2D eigenvalue weighted by molar-refractivity contribution is 5.79. The van der Waals surface area contributed by atoms with E-state index in [0.717, 1.165) is 27.6 Å². The Morgan fingerprint density at radius 1 is 0.912 bits per heavy atom. The van der Waals surface area contributed by atoms with Crippen molar-refractivity contribution >= 4 is 10.9 Å². The molecule has 4 aromatic rings. The fourth-order valence-electron chi connectivity index (χ4n) is 4.33. The summed E-state index contributed by atoms with van der Waals surface area (Å²) >= 11 is 0. The second kappa shape index (κ2) is 9.55. The second-order valence-electron chi connectivity index (χ2n) is 10.3. The van der Waals surface area contributed by atoms with Gasteiger partial charge in [-0.05, 0) is 71.7 Å². The van der Waals surface area contributed by atoms with Crippen LogP contribution >= 0.6 is 0 Å². The summed E-state index contributed by atoms with van der Waals surface area (Å²) in [6.07, 6.45) is 0. The van der Waals surface area contributed by atoms with Crippen molar-refractivity contribution in [3.8, 4) is 0 Å². The van der Waals surface area contributed by atoms with Crippen molar-refractivity contribution in [1.29, 1.82) is 0 Å². The third kappa shape index (κ3) is 5.45. The summed E-state index contributed by atoms with van der Waals surface area (Å²) in [5, 5.41) is 1.03.